The first kappa shape index (κ1) is 18.0. The SMILES string of the molecule is N#Cc1ccc(C(=O)Nc2cc(NC3CCNCC3)c3cnccc3c2)cc1. The Labute approximate surface area is 163 Å². The van der Waals surface area contributed by atoms with E-state index in [0.29, 0.717) is 17.2 Å². The number of hydrogen-bond acceptors (Lipinski definition) is 5. The van der Waals surface area contributed by atoms with Gasteiger partial charge in [0.1, 0.15) is 0 Å². The molecular weight excluding hydrogens is 350 g/mol. The van der Waals surface area contributed by atoms with Gasteiger partial charge in [-0.15, -0.1) is 0 Å². The van der Waals surface area contributed by atoms with E-state index in [-0.39, 0.29) is 5.91 Å². The van der Waals surface area contributed by atoms with Crippen LogP contribution in [0.3, 0.4) is 0 Å². The molecule has 0 atom stereocenters. The number of carbonyl (C=O) groups excluding carboxylic acids is 1. The van der Waals surface area contributed by atoms with Gasteiger partial charge in [0.2, 0.25) is 0 Å². The van der Waals surface area contributed by atoms with Gasteiger partial charge >= 0.3 is 0 Å². The fourth-order valence-corrected chi connectivity index (χ4v) is 3.48. The number of nitrogens with one attached hydrogen (secondary N) is 3. The molecule has 1 aliphatic rings. The Kier molecular flexibility index (Phi) is 5.18. The summed E-state index contributed by atoms with van der Waals surface area (Å²) in [6.45, 7) is 2.01. The van der Waals surface area contributed by atoms with E-state index < -0.39 is 0 Å². The van der Waals surface area contributed by atoms with Gasteiger partial charge in [0.25, 0.3) is 5.91 Å². The molecule has 0 saturated carbocycles. The predicted octanol–water partition coefficient (Wildman–Crippen LogP) is 3.52. The van der Waals surface area contributed by atoms with Crippen molar-refractivity contribution in [3.63, 3.8) is 0 Å². The van der Waals surface area contributed by atoms with E-state index in [2.05, 4.69) is 27.0 Å². The summed E-state index contributed by atoms with van der Waals surface area (Å²) in [7, 11) is 0. The highest BCUT2D eigenvalue weighted by atomic mass is 16.1. The molecule has 2 aromatic carbocycles. The summed E-state index contributed by atoms with van der Waals surface area (Å²) in [5, 5.41) is 20.9. The van der Waals surface area contributed by atoms with E-state index in [1.807, 2.05) is 24.4 Å². The van der Waals surface area contributed by atoms with Gasteiger partial charge in [-0.25, -0.2) is 0 Å². The molecule has 0 bridgehead atoms. The third-order valence-corrected chi connectivity index (χ3v) is 4.99. The summed E-state index contributed by atoms with van der Waals surface area (Å²) < 4.78 is 0. The smallest absolute Gasteiger partial charge is 0.255 e. The minimum atomic E-state index is -0.203. The zero-order valence-electron chi connectivity index (χ0n) is 15.4. The number of anilines is 2. The Morgan fingerprint density at radius 1 is 1.14 bits per heavy atom. The molecule has 140 valence electrons. The van der Waals surface area contributed by atoms with Gasteiger partial charge in [-0.2, -0.15) is 5.26 Å². The molecule has 3 N–H and O–H groups in total. The average Bonchev–Trinajstić information content (AvgIpc) is 2.74. The van der Waals surface area contributed by atoms with Crippen molar-refractivity contribution in [2.45, 2.75) is 18.9 Å². The Morgan fingerprint density at radius 3 is 2.68 bits per heavy atom. The second kappa shape index (κ2) is 8.07. The summed E-state index contributed by atoms with van der Waals surface area (Å²) in [4.78, 5) is 16.9. The molecular formula is C22H21N5O. The number of fused-ring (bicyclic) bond motifs is 1. The summed E-state index contributed by atoms with van der Waals surface area (Å²) in [6, 6.07) is 14.9. The molecule has 3 aromatic rings. The van der Waals surface area contributed by atoms with Crippen molar-refractivity contribution in [1.82, 2.24) is 10.3 Å². The number of aromatic nitrogens is 1. The summed E-state index contributed by atoms with van der Waals surface area (Å²) in [5.41, 5.74) is 2.75. The maximum atomic E-state index is 12.6. The van der Waals surface area contributed by atoms with Gasteiger partial charge in [0.05, 0.1) is 11.6 Å². The highest BCUT2D eigenvalue weighted by Gasteiger charge is 2.15. The maximum absolute atomic E-state index is 12.6. The van der Waals surface area contributed by atoms with E-state index in [1.54, 1.807) is 30.5 Å². The van der Waals surface area contributed by atoms with Crippen LogP contribution >= 0.6 is 0 Å². The Bertz CT molecular complexity index is 1030. The second-order valence-electron chi connectivity index (χ2n) is 6.93. The second-order valence-corrected chi connectivity index (χ2v) is 6.93. The predicted molar refractivity (Wildman–Crippen MR) is 110 cm³/mol. The van der Waals surface area contributed by atoms with Gasteiger partial charge in [0.15, 0.2) is 0 Å². The third-order valence-electron chi connectivity index (χ3n) is 4.99. The molecule has 0 radical (unpaired) electrons. The third kappa shape index (κ3) is 3.95. The molecule has 1 fully saturated rings. The first-order valence-corrected chi connectivity index (χ1v) is 9.39. The molecule has 0 spiro atoms. The topological polar surface area (TPSA) is 89.8 Å². The molecule has 6 heteroatoms. The van der Waals surface area contributed by atoms with E-state index in [9.17, 15) is 4.79 Å². The van der Waals surface area contributed by atoms with Gasteiger partial charge in [-0.3, -0.25) is 9.78 Å². The molecule has 1 aliphatic heterocycles. The van der Waals surface area contributed by atoms with Gasteiger partial charge < -0.3 is 16.0 Å². The van der Waals surface area contributed by atoms with Gasteiger partial charge in [-0.1, -0.05) is 0 Å². The number of rotatable bonds is 4. The Hall–Kier alpha value is -3.43. The van der Waals surface area contributed by atoms with Crippen LogP contribution in [0.5, 0.6) is 0 Å². The van der Waals surface area contributed by atoms with Crippen molar-refractivity contribution in [2.75, 3.05) is 23.7 Å². The first-order chi connectivity index (χ1) is 13.7. The number of carbonyl (C=O) groups is 1. The standard InChI is InChI=1S/C22H21N5O/c23-13-15-1-3-16(4-2-15)22(28)27-19-11-17-5-8-25-14-20(17)21(12-19)26-18-6-9-24-10-7-18/h1-5,8,11-12,14,18,24,26H,6-7,9-10H2,(H,27,28). The zero-order valence-corrected chi connectivity index (χ0v) is 15.4. The molecule has 4 rings (SSSR count). The van der Waals surface area contributed by atoms with Crippen LogP contribution in [0.25, 0.3) is 10.8 Å². The van der Waals surface area contributed by atoms with Crippen LogP contribution in [0, 0.1) is 11.3 Å². The molecule has 0 unspecified atom stereocenters. The van der Waals surface area contributed by atoms with Crippen LogP contribution in [0.1, 0.15) is 28.8 Å². The lowest BCUT2D eigenvalue weighted by molar-refractivity contribution is 0.102. The largest absolute Gasteiger partial charge is 0.382 e. The number of benzene rings is 2. The fourth-order valence-electron chi connectivity index (χ4n) is 3.48. The molecule has 0 aliphatic carbocycles. The van der Waals surface area contributed by atoms with E-state index in [0.717, 1.165) is 48.1 Å². The summed E-state index contributed by atoms with van der Waals surface area (Å²) in [6.07, 6.45) is 5.72. The van der Waals surface area contributed by atoms with Crippen LogP contribution < -0.4 is 16.0 Å². The minimum absolute atomic E-state index is 0.203. The first-order valence-electron chi connectivity index (χ1n) is 9.39. The number of nitrogens with zero attached hydrogens (tertiary/aromatic N) is 2. The Morgan fingerprint density at radius 2 is 1.93 bits per heavy atom. The zero-order chi connectivity index (χ0) is 19.3. The van der Waals surface area contributed by atoms with Crippen LogP contribution in [0.4, 0.5) is 11.4 Å². The van der Waals surface area contributed by atoms with Crippen molar-refractivity contribution in [3.05, 3.63) is 66.0 Å². The highest BCUT2D eigenvalue weighted by Crippen LogP contribution is 2.29. The lowest BCUT2D eigenvalue weighted by Gasteiger charge is -2.25. The number of pyridine rings is 1. The lowest BCUT2D eigenvalue weighted by Crippen LogP contribution is -2.35. The molecule has 6 nitrogen and oxygen atoms in total. The van der Waals surface area contributed by atoms with Crippen LogP contribution in [-0.2, 0) is 0 Å². The highest BCUT2D eigenvalue weighted by molar-refractivity contribution is 6.06. The molecule has 28 heavy (non-hydrogen) atoms. The summed E-state index contributed by atoms with van der Waals surface area (Å²) >= 11 is 0. The van der Waals surface area contributed by atoms with Gasteiger partial charge in [0, 0.05) is 40.8 Å². The van der Waals surface area contributed by atoms with Crippen LogP contribution in [0.15, 0.2) is 54.9 Å². The average molecular weight is 371 g/mol. The maximum Gasteiger partial charge on any atom is 0.255 e. The fraction of sp³-hybridized carbons (Fsp3) is 0.227. The van der Waals surface area contributed by atoms with Crippen molar-refractivity contribution in [2.24, 2.45) is 0 Å². The van der Waals surface area contributed by atoms with E-state index in [4.69, 9.17) is 5.26 Å². The monoisotopic (exact) mass is 371 g/mol. The number of amides is 1. The van der Waals surface area contributed by atoms with Crippen LogP contribution in [0.2, 0.25) is 0 Å². The molecule has 2 heterocycles. The number of hydrogen-bond donors (Lipinski definition) is 3. The van der Waals surface area contributed by atoms with E-state index >= 15 is 0 Å². The van der Waals surface area contributed by atoms with Gasteiger partial charge in [-0.05, 0) is 73.8 Å². The molecule has 1 aromatic heterocycles. The summed E-state index contributed by atoms with van der Waals surface area (Å²) in [5.74, 6) is -0.203. The normalized spacial score (nSPS) is 14.4. The van der Waals surface area contributed by atoms with Crippen molar-refractivity contribution >= 4 is 28.1 Å². The van der Waals surface area contributed by atoms with Crippen molar-refractivity contribution < 1.29 is 4.79 Å². The number of nitriles is 1. The van der Waals surface area contributed by atoms with Crippen LogP contribution in [-0.4, -0.2) is 30.0 Å². The molecule has 1 amide bonds. The number of piperidine rings is 1. The van der Waals surface area contributed by atoms with Crippen molar-refractivity contribution in [3.8, 4) is 6.07 Å². The van der Waals surface area contributed by atoms with E-state index in [1.165, 1.54) is 0 Å². The minimum Gasteiger partial charge on any atom is -0.382 e. The quantitative estimate of drug-likeness (QED) is 0.653. The lowest BCUT2D eigenvalue weighted by atomic mass is 10.0. The Balaban J connectivity index is 1.61. The molecule has 1 saturated heterocycles. The van der Waals surface area contributed by atoms with Crippen molar-refractivity contribution in [1.29, 1.82) is 5.26 Å².